The summed E-state index contributed by atoms with van der Waals surface area (Å²) in [5, 5.41) is 13.7. The molecular formula is C19H23N3O7S. The highest BCUT2D eigenvalue weighted by Crippen LogP contribution is 2.17. The molecule has 11 heteroatoms. The Labute approximate surface area is 174 Å². The van der Waals surface area contributed by atoms with E-state index in [0.717, 1.165) is 29.8 Å². The standard InChI is InChI=1S/C19H23N3O7S/c1-13(21-30(26,27)17-10-6-15(7-11-17)22(24)25)18(19(23)29-3)20-12-14-4-8-16(28-2)9-5-14/h4-11,13,18,20-21H,12H2,1-3H3/t13-,18+/m0/s1. The molecule has 0 amide bonds. The number of non-ortho nitro benzene ring substituents is 1. The van der Waals surface area contributed by atoms with Gasteiger partial charge in [0.15, 0.2) is 0 Å². The summed E-state index contributed by atoms with van der Waals surface area (Å²) in [6, 6.07) is 9.78. The lowest BCUT2D eigenvalue weighted by Gasteiger charge is -2.24. The molecule has 2 aromatic rings. The Kier molecular flexibility index (Phi) is 7.86. The zero-order valence-corrected chi connectivity index (χ0v) is 17.5. The molecule has 0 fully saturated rings. The number of esters is 1. The molecule has 0 aromatic heterocycles. The maximum Gasteiger partial charge on any atom is 0.324 e. The van der Waals surface area contributed by atoms with Crippen molar-refractivity contribution in [1.29, 1.82) is 0 Å². The van der Waals surface area contributed by atoms with Gasteiger partial charge in [-0.2, -0.15) is 0 Å². The van der Waals surface area contributed by atoms with Gasteiger partial charge in [-0.15, -0.1) is 0 Å². The predicted octanol–water partition coefficient (Wildman–Crippen LogP) is 1.60. The highest BCUT2D eigenvalue weighted by Gasteiger charge is 2.29. The van der Waals surface area contributed by atoms with Gasteiger partial charge in [-0.1, -0.05) is 12.1 Å². The Balaban J connectivity index is 2.12. The van der Waals surface area contributed by atoms with E-state index in [1.807, 2.05) is 12.1 Å². The number of methoxy groups -OCH3 is 2. The third kappa shape index (κ3) is 5.99. The van der Waals surface area contributed by atoms with E-state index in [1.165, 1.54) is 14.0 Å². The molecule has 0 aliphatic carbocycles. The number of ether oxygens (including phenoxy) is 2. The molecule has 2 rings (SSSR count). The molecule has 10 nitrogen and oxygen atoms in total. The number of nitrogens with one attached hydrogen (secondary N) is 2. The van der Waals surface area contributed by atoms with Crippen LogP contribution in [0.2, 0.25) is 0 Å². The summed E-state index contributed by atoms with van der Waals surface area (Å²) >= 11 is 0. The molecule has 162 valence electrons. The molecule has 30 heavy (non-hydrogen) atoms. The molecule has 0 radical (unpaired) electrons. The van der Waals surface area contributed by atoms with Crippen molar-refractivity contribution in [1.82, 2.24) is 10.0 Å². The second kappa shape index (κ2) is 10.1. The first-order valence-corrected chi connectivity index (χ1v) is 10.4. The van der Waals surface area contributed by atoms with Crippen molar-refractivity contribution in [2.75, 3.05) is 14.2 Å². The monoisotopic (exact) mass is 437 g/mol. The van der Waals surface area contributed by atoms with Crippen LogP contribution in [0, 0.1) is 10.1 Å². The zero-order chi connectivity index (χ0) is 22.3. The van der Waals surface area contributed by atoms with Gasteiger partial charge < -0.3 is 9.47 Å². The van der Waals surface area contributed by atoms with Gasteiger partial charge in [0.25, 0.3) is 5.69 Å². The number of carbonyl (C=O) groups is 1. The van der Waals surface area contributed by atoms with E-state index in [4.69, 9.17) is 9.47 Å². The largest absolute Gasteiger partial charge is 0.497 e. The van der Waals surface area contributed by atoms with Crippen LogP contribution in [0.5, 0.6) is 5.75 Å². The Morgan fingerprint density at radius 1 is 1.10 bits per heavy atom. The minimum atomic E-state index is -4.02. The SMILES string of the molecule is COC(=O)[C@H](NCc1ccc(OC)cc1)[C@H](C)NS(=O)(=O)c1ccc([N+](=O)[O-])cc1. The van der Waals surface area contributed by atoms with Crippen LogP contribution in [0.3, 0.4) is 0 Å². The maximum absolute atomic E-state index is 12.6. The minimum absolute atomic E-state index is 0.154. The summed E-state index contributed by atoms with van der Waals surface area (Å²) in [6.07, 6.45) is 0. The average molecular weight is 437 g/mol. The Hall–Kier alpha value is -3.02. The van der Waals surface area contributed by atoms with Gasteiger partial charge in [0.05, 0.1) is 24.0 Å². The number of carbonyl (C=O) groups excluding carboxylic acids is 1. The molecule has 0 aliphatic heterocycles. The zero-order valence-electron chi connectivity index (χ0n) is 16.7. The smallest absolute Gasteiger partial charge is 0.324 e. The van der Waals surface area contributed by atoms with Crippen LogP contribution in [0.25, 0.3) is 0 Å². The van der Waals surface area contributed by atoms with Gasteiger partial charge >= 0.3 is 5.97 Å². The summed E-state index contributed by atoms with van der Waals surface area (Å²) in [6.45, 7) is 1.80. The van der Waals surface area contributed by atoms with E-state index < -0.39 is 33.0 Å². The van der Waals surface area contributed by atoms with Crippen LogP contribution < -0.4 is 14.8 Å². The van der Waals surface area contributed by atoms with Gasteiger partial charge in [-0.05, 0) is 36.8 Å². The van der Waals surface area contributed by atoms with E-state index in [-0.39, 0.29) is 17.1 Å². The average Bonchev–Trinajstić information content (AvgIpc) is 2.73. The number of rotatable bonds is 10. The molecule has 0 saturated heterocycles. The summed E-state index contributed by atoms with van der Waals surface area (Å²) in [4.78, 5) is 22.2. The van der Waals surface area contributed by atoms with Gasteiger partial charge in [0, 0.05) is 24.7 Å². The van der Waals surface area contributed by atoms with Gasteiger partial charge in [0.1, 0.15) is 11.8 Å². The van der Waals surface area contributed by atoms with Crippen molar-refractivity contribution >= 4 is 21.7 Å². The number of hydrogen-bond acceptors (Lipinski definition) is 8. The Morgan fingerprint density at radius 2 is 1.70 bits per heavy atom. The van der Waals surface area contributed by atoms with Gasteiger partial charge in [-0.3, -0.25) is 20.2 Å². The summed E-state index contributed by atoms with van der Waals surface area (Å²) in [7, 11) is -1.25. The van der Waals surface area contributed by atoms with Crippen LogP contribution in [-0.2, 0) is 26.1 Å². The van der Waals surface area contributed by atoms with Crippen LogP contribution in [0.1, 0.15) is 12.5 Å². The normalized spacial score (nSPS) is 13.3. The highest BCUT2D eigenvalue weighted by atomic mass is 32.2. The van der Waals surface area contributed by atoms with Gasteiger partial charge in [-0.25, -0.2) is 13.1 Å². The van der Waals surface area contributed by atoms with E-state index in [0.29, 0.717) is 5.75 Å². The number of hydrogen-bond donors (Lipinski definition) is 2. The van der Waals surface area contributed by atoms with Gasteiger partial charge in [0.2, 0.25) is 10.0 Å². The summed E-state index contributed by atoms with van der Waals surface area (Å²) in [5.74, 6) is 0.0508. The van der Waals surface area contributed by atoms with Crippen molar-refractivity contribution in [3.8, 4) is 5.75 Å². The van der Waals surface area contributed by atoms with E-state index in [2.05, 4.69) is 10.0 Å². The molecule has 0 aliphatic rings. The Morgan fingerprint density at radius 3 is 2.20 bits per heavy atom. The van der Waals surface area contributed by atoms with Crippen molar-refractivity contribution in [3.05, 3.63) is 64.2 Å². The lowest BCUT2D eigenvalue weighted by atomic mass is 10.1. The van der Waals surface area contributed by atoms with Crippen molar-refractivity contribution < 1.29 is 27.6 Å². The molecule has 2 aromatic carbocycles. The quantitative estimate of drug-likeness (QED) is 0.325. The lowest BCUT2D eigenvalue weighted by Crippen LogP contribution is -2.52. The first-order chi connectivity index (χ1) is 14.2. The number of sulfonamides is 1. The van der Waals surface area contributed by atoms with E-state index in [9.17, 15) is 23.3 Å². The Bertz CT molecular complexity index is 976. The summed E-state index contributed by atoms with van der Waals surface area (Å²) < 4.78 is 37.5. The van der Waals surface area contributed by atoms with E-state index in [1.54, 1.807) is 19.2 Å². The fourth-order valence-corrected chi connectivity index (χ4v) is 3.95. The first-order valence-electron chi connectivity index (χ1n) is 8.89. The number of nitro benzene ring substituents is 1. The van der Waals surface area contributed by atoms with Crippen LogP contribution in [-0.4, -0.2) is 45.6 Å². The molecule has 2 atom stereocenters. The number of nitro groups is 1. The van der Waals surface area contributed by atoms with Crippen LogP contribution in [0.15, 0.2) is 53.4 Å². The van der Waals surface area contributed by atoms with E-state index >= 15 is 0 Å². The molecule has 0 spiro atoms. The van der Waals surface area contributed by atoms with Crippen LogP contribution >= 0.6 is 0 Å². The fourth-order valence-electron chi connectivity index (χ4n) is 2.69. The molecular weight excluding hydrogens is 414 g/mol. The molecule has 0 bridgehead atoms. The maximum atomic E-state index is 12.6. The van der Waals surface area contributed by atoms with Crippen molar-refractivity contribution in [2.45, 2.75) is 30.4 Å². The molecule has 0 unspecified atom stereocenters. The predicted molar refractivity (Wildman–Crippen MR) is 109 cm³/mol. The fraction of sp³-hybridized carbons (Fsp3) is 0.316. The second-order valence-corrected chi connectivity index (χ2v) is 8.10. The number of benzene rings is 2. The minimum Gasteiger partial charge on any atom is -0.497 e. The third-order valence-corrected chi connectivity index (χ3v) is 5.91. The van der Waals surface area contributed by atoms with Crippen LogP contribution in [0.4, 0.5) is 5.69 Å². The first kappa shape index (κ1) is 23.3. The number of nitrogens with zero attached hydrogens (tertiary/aromatic N) is 1. The lowest BCUT2D eigenvalue weighted by molar-refractivity contribution is -0.384. The highest BCUT2D eigenvalue weighted by molar-refractivity contribution is 7.89. The third-order valence-electron chi connectivity index (χ3n) is 4.34. The van der Waals surface area contributed by atoms with Crippen molar-refractivity contribution in [2.24, 2.45) is 0 Å². The second-order valence-electron chi connectivity index (χ2n) is 6.39. The molecule has 0 heterocycles. The molecule has 2 N–H and O–H groups in total. The van der Waals surface area contributed by atoms with Crippen molar-refractivity contribution in [3.63, 3.8) is 0 Å². The summed E-state index contributed by atoms with van der Waals surface area (Å²) in [5.41, 5.74) is 0.630. The molecule has 0 saturated carbocycles. The topological polar surface area (TPSA) is 137 Å².